The van der Waals surface area contributed by atoms with Crippen molar-refractivity contribution in [2.24, 2.45) is 5.41 Å². The van der Waals surface area contributed by atoms with Crippen molar-refractivity contribution in [3.8, 4) is 0 Å². The molecule has 1 aliphatic rings. The highest BCUT2D eigenvalue weighted by molar-refractivity contribution is 5.79. The van der Waals surface area contributed by atoms with E-state index in [1.807, 2.05) is 6.92 Å². The number of piperidine rings is 1. The minimum absolute atomic E-state index is 0.00747. The Morgan fingerprint density at radius 2 is 2.24 bits per heavy atom. The SMILES string of the molecule is CCCC1(C(=O)O)CCCN(C(=O)CCn2ccnn2)C1. The summed E-state index contributed by atoms with van der Waals surface area (Å²) in [5, 5.41) is 17.1. The third kappa shape index (κ3) is 3.59. The van der Waals surface area contributed by atoms with Gasteiger partial charge < -0.3 is 10.0 Å². The fourth-order valence-electron chi connectivity index (χ4n) is 3.03. The first-order chi connectivity index (χ1) is 10.1. The van der Waals surface area contributed by atoms with Gasteiger partial charge in [0.15, 0.2) is 0 Å². The van der Waals surface area contributed by atoms with Crippen molar-refractivity contribution >= 4 is 11.9 Å². The third-order valence-electron chi connectivity index (χ3n) is 4.14. The number of aliphatic carboxylic acids is 1. The highest BCUT2D eigenvalue weighted by Gasteiger charge is 2.42. The van der Waals surface area contributed by atoms with Gasteiger partial charge in [0.2, 0.25) is 5.91 Å². The fraction of sp³-hybridized carbons (Fsp3) is 0.714. The molecule has 1 saturated heterocycles. The molecule has 1 aromatic heterocycles. The van der Waals surface area contributed by atoms with Crippen molar-refractivity contribution in [3.05, 3.63) is 12.4 Å². The number of rotatable bonds is 6. The zero-order chi connectivity index (χ0) is 15.3. The summed E-state index contributed by atoms with van der Waals surface area (Å²) < 4.78 is 1.61. The normalized spacial score (nSPS) is 22.2. The Kier molecular flexibility index (Phi) is 4.93. The maximum atomic E-state index is 12.3. The third-order valence-corrected chi connectivity index (χ3v) is 4.14. The van der Waals surface area contributed by atoms with Crippen LogP contribution in [0.5, 0.6) is 0 Å². The molecule has 1 unspecified atom stereocenters. The lowest BCUT2D eigenvalue weighted by Crippen LogP contribution is -2.50. The van der Waals surface area contributed by atoms with Gasteiger partial charge in [0.05, 0.1) is 18.2 Å². The Balaban J connectivity index is 1.96. The van der Waals surface area contributed by atoms with Gasteiger partial charge in [-0.1, -0.05) is 18.6 Å². The Hall–Kier alpha value is -1.92. The number of aryl methyl sites for hydroxylation is 1. The summed E-state index contributed by atoms with van der Waals surface area (Å²) in [5.74, 6) is -0.787. The minimum Gasteiger partial charge on any atom is -0.481 e. The molecule has 2 heterocycles. The van der Waals surface area contributed by atoms with Crippen LogP contribution in [-0.2, 0) is 16.1 Å². The summed E-state index contributed by atoms with van der Waals surface area (Å²) in [5.41, 5.74) is -0.768. The van der Waals surface area contributed by atoms with Gasteiger partial charge in [0, 0.05) is 25.7 Å². The van der Waals surface area contributed by atoms with E-state index in [2.05, 4.69) is 10.3 Å². The molecule has 1 aromatic rings. The molecular weight excluding hydrogens is 272 g/mol. The summed E-state index contributed by atoms with van der Waals surface area (Å²) >= 11 is 0. The lowest BCUT2D eigenvalue weighted by Gasteiger charge is -2.40. The molecule has 1 fully saturated rings. The van der Waals surface area contributed by atoms with Crippen molar-refractivity contribution in [2.75, 3.05) is 13.1 Å². The second kappa shape index (κ2) is 6.69. The smallest absolute Gasteiger partial charge is 0.311 e. The van der Waals surface area contributed by atoms with E-state index >= 15 is 0 Å². The molecule has 7 nitrogen and oxygen atoms in total. The second-order valence-electron chi connectivity index (χ2n) is 5.67. The molecule has 0 aliphatic carbocycles. The molecule has 1 N–H and O–H groups in total. The number of aromatic nitrogens is 3. The largest absolute Gasteiger partial charge is 0.481 e. The zero-order valence-corrected chi connectivity index (χ0v) is 12.4. The van der Waals surface area contributed by atoms with Crippen LogP contribution in [0.1, 0.15) is 39.0 Å². The molecule has 7 heteroatoms. The summed E-state index contributed by atoms with van der Waals surface area (Å²) in [6, 6.07) is 0. The van der Waals surface area contributed by atoms with E-state index in [1.165, 1.54) is 0 Å². The summed E-state index contributed by atoms with van der Waals surface area (Å²) in [6.45, 7) is 3.43. The molecule has 0 radical (unpaired) electrons. The Bertz CT molecular complexity index is 484. The first kappa shape index (κ1) is 15.5. The monoisotopic (exact) mass is 294 g/mol. The Morgan fingerprint density at radius 1 is 1.43 bits per heavy atom. The number of nitrogens with zero attached hydrogens (tertiary/aromatic N) is 4. The van der Waals surface area contributed by atoms with Crippen LogP contribution in [-0.4, -0.2) is 50.0 Å². The van der Waals surface area contributed by atoms with Crippen LogP contribution in [0.25, 0.3) is 0 Å². The molecule has 21 heavy (non-hydrogen) atoms. The summed E-state index contributed by atoms with van der Waals surface area (Å²) in [7, 11) is 0. The van der Waals surface area contributed by atoms with Gasteiger partial charge in [-0.25, -0.2) is 0 Å². The van der Waals surface area contributed by atoms with E-state index in [1.54, 1.807) is 22.0 Å². The van der Waals surface area contributed by atoms with Crippen LogP contribution in [0, 0.1) is 5.41 Å². The van der Waals surface area contributed by atoms with Crippen LogP contribution in [0.2, 0.25) is 0 Å². The van der Waals surface area contributed by atoms with Gasteiger partial charge >= 0.3 is 5.97 Å². The molecule has 0 spiro atoms. The highest BCUT2D eigenvalue weighted by Crippen LogP contribution is 2.35. The number of carbonyl (C=O) groups is 2. The molecule has 0 aromatic carbocycles. The van der Waals surface area contributed by atoms with Crippen molar-refractivity contribution in [2.45, 2.75) is 45.6 Å². The molecule has 2 rings (SSSR count). The average Bonchev–Trinajstić information content (AvgIpc) is 2.98. The summed E-state index contributed by atoms with van der Waals surface area (Å²) in [6.07, 6.45) is 6.45. The van der Waals surface area contributed by atoms with Gasteiger partial charge in [-0.3, -0.25) is 14.3 Å². The van der Waals surface area contributed by atoms with Crippen LogP contribution in [0.15, 0.2) is 12.4 Å². The van der Waals surface area contributed by atoms with Crippen molar-refractivity contribution in [1.82, 2.24) is 19.9 Å². The van der Waals surface area contributed by atoms with E-state index in [4.69, 9.17) is 0 Å². The van der Waals surface area contributed by atoms with Crippen LogP contribution < -0.4 is 0 Å². The first-order valence-corrected chi connectivity index (χ1v) is 7.43. The van der Waals surface area contributed by atoms with E-state index in [-0.39, 0.29) is 5.91 Å². The molecule has 0 bridgehead atoms. The lowest BCUT2D eigenvalue weighted by molar-refractivity contribution is -0.155. The van der Waals surface area contributed by atoms with Crippen LogP contribution in [0.4, 0.5) is 0 Å². The van der Waals surface area contributed by atoms with E-state index in [0.717, 1.165) is 12.8 Å². The minimum atomic E-state index is -0.780. The number of carboxylic acid groups (broad SMARTS) is 1. The van der Waals surface area contributed by atoms with Crippen molar-refractivity contribution in [3.63, 3.8) is 0 Å². The molecule has 1 atom stereocenters. The number of carboxylic acids is 1. The number of hydrogen-bond acceptors (Lipinski definition) is 4. The topological polar surface area (TPSA) is 88.3 Å². The van der Waals surface area contributed by atoms with Gasteiger partial charge in [-0.2, -0.15) is 0 Å². The molecule has 116 valence electrons. The Labute approximate surface area is 123 Å². The van der Waals surface area contributed by atoms with Crippen molar-refractivity contribution in [1.29, 1.82) is 0 Å². The summed E-state index contributed by atoms with van der Waals surface area (Å²) in [4.78, 5) is 25.6. The molecular formula is C14H22N4O3. The average molecular weight is 294 g/mol. The number of carbonyl (C=O) groups excluding carboxylic acids is 1. The predicted octanol–water partition coefficient (Wildman–Crippen LogP) is 1.16. The van der Waals surface area contributed by atoms with E-state index < -0.39 is 11.4 Å². The zero-order valence-electron chi connectivity index (χ0n) is 12.4. The maximum Gasteiger partial charge on any atom is 0.311 e. The van der Waals surface area contributed by atoms with E-state index in [0.29, 0.717) is 38.9 Å². The number of likely N-dealkylation sites (tertiary alicyclic amines) is 1. The predicted molar refractivity (Wildman–Crippen MR) is 75.4 cm³/mol. The lowest BCUT2D eigenvalue weighted by atomic mass is 9.76. The highest BCUT2D eigenvalue weighted by atomic mass is 16.4. The number of hydrogen-bond donors (Lipinski definition) is 1. The second-order valence-corrected chi connectivity index (χ2v) is 5.67. The molecule has 1 aliphatic heterocycles. The van der Waals surface area contributed by atoms with Gasteiger partial charge in [-0.05, 0) is 19.3 Å². The molecule has 0 saturated carbocycles. The standard InChI is InChI=1S/C14H22N4O3/c1-2-5-14(13(20)21)6-3-8-17(11-14)12(19)4-9-18-10-7-15-16-18/h7,10H,2-6,8-9,11H2,1H3,(H,20,21). The van der Waals surface area contributed by atoms with Gasteiger partial charge in [-0.15, -0.1) is 5.10 Å². The van der Waals surface area contributed by atoms with E-state index in [9.17, 15) is 14.7 Å². The van der Waals surface area contributed by atoms with Crippen LogP contribution >= 0.6 is 0 Å². The maximum absolute atomic E-state index is 12.3. The van der Waals surface area contributed by atoms with Gasteiger partial charge in [0.1, 0.15) is 0 Å². The quantitative estimate of drug-likeness (QED) is 0.850. The van der Waals surface area contributed by atoms with Gasteiger partial charge in [0.25, 0.3) is 0 Å². The molecule has 1 amide bonds. The first-order valence-electron chi connectivity index (χ1n) is 7.43. The van der Waals surface area contributed by atoms with Crippen LogP contribution in [0.3, 0.4) is 0 Å². The van der Waals surface area contributed by atoms with Crippen molar-refractivity contribution < 1.29 is 14.7 Å². The fourth-order valence-corrected chi connectivity index (χ4v) is 3.03. The number of amides is 1. The Morgan fingerprint density at radius 3 is 2.86 bits per heavy atom.